The van der Waals surface area contributed by atoms with Gasteiger partial charge in [-0.1, -0.05) is 18.5 Å². The second kappa shape index (κ2) is 7.59. The number of thiophene rings is 1. The molecule has 3 rings (SSSR count). The number of pyridine rings is 1. The number of amides is 1. The van der Waals surface area contributed by atoms with Crippen LogP contribution in [0.3, 0.4) is 0 Å². The average molecular weight is 361 g/mol. The van der Waals surface area contributed by atoms with E-state index in [0.717, 1.165) is 32.5 Å². The number of nitrogens with zero attached hydrogens (tertiary/aromatic N) is 2. The van der Waals surface area contributed by atoms with E-state index in [2.05, 4.69) is 20.5 Å². The van der Waals surface area contributed by atoms with E-state index in [-0.39, 0.29) is 5.91 Å². The van der Waals surface area contributed by atoms with Crippen molar-refractivity contribution >= 4 is 34.7 Å². The minimum Gasteiger partial charge on any atom is -0.309 e. The lowest BCUT2D eigenvalue weighted by molar-refractivity contribution is -0.116. The van der Waals surface area contributed by atoms with Gasteiger partial charge in [0.25, 0.3) is 0 Å². The van der Waals surface area contributed by atoms with Crippen LogP contribution < -0.4 is 5.32 Å². The lowest BCUT2D eigenvalue weighted by Gasteiger charge is -2.05. The Balaban J connectivity index is 1.68. The van der Waals surface area contributed by atoms with Gasteiger partial charge in [0.05, 0.1) is 10.0 Å². The quantitative estimate of drug-likeness (QED) is 0.687. The first-order chi connectivity index (χ1) is 11.7. The van der Waals surface area contributed by atoms with Crippen molar-refractivity contribution in [3.05, 3.63) is 51.4 Å². The van der Waals surface area contributed by atoms with Gasteiger partial charge in [-0.2, -0.15) is 5.10 Å². The fourth-order valence-corrected chi connectivity index (χ4v) is 3.57. The SMILES string of the molecule is CCc1c(NC(=O)CCc2ccc(Cl)s2)n[nH]c1-c1ccncc1. The monoisotopic (exact) mass is 360 g/mol. The van der Waals surface area contributed by atoms with E-state index in [9.17, 15) is 4.79 Å². The number of aryl methyl sites for hydroxylation is 1. The maximum absolute atomic E-state index is 12.2. The summed E-state index contributed by atoms with van der Waals surface area (Å²) in [6.45, 7) is 2.04. The molecule has 0 aliphatic heterocycles. The lowest BCUT2D eigenvalue weighted by atomic mass is 10.1. The van der Waals surface area contributed by atoms with E-state index in [1.165, 1.54) is 11.3 Å². The highest BCUT2D eigenvalue weighted by atomic mass is 35.5. The van der Waals surface area contributed by atoms with Crippen LogP contribution in [0.5, 0.6) is 0 Å². The molecule has 0 atom stereocenters. The van der Waals surface area contributed by atoms with E-state index in [4.69, 9.17) is 11.6 Å². The summed E-state index contributed by atoms with van der Waals surface area (Å²) in [6.07, 6.45) is 5.31. The molecule has 0 fully saturated rings. The van der Waals surface area contributed by atoms with Gasteiger partial charge in [-0.25, -0.2) is 0 Å². The number of carbonyl (C=O) groups is 1. The molecule has 0 spiro atoms. The van der Waals surface area contributed by atoms with Crippen molar-refractivity contribution in [2.24, 2.45) is 0 Å². The van der Waals surface area contributed by atoms with Crippen LogP contribution in [0.25, 0.3) is 11.3 Å². The number of hydrogen-bond donors (Lipinski definition) is 2. The zero-order valence-corrected chi connectivity index (χ0v) is 14.7. The maximum Gasteiger partial charge on any atom is 0.225 e. The van der Waals surface area contributed by atoms with Crippen molar-refractivity contribution in [1.29, 1.82) is 0 Å². The fraction of sp³-hybridized carbons (Fsp3) is 0.235. The molecule has 0 aromatic carbocycles. The molecular formula is C17H17ClN4OS. The average Bonchev–Trinajstić information content (AvgIpc) is 3.19. The summed E-state index contributed by atoms with van der Waals surface area (Å²) in [5, 5.41) is 10.2. The predicted molar refractivity (Wildman–Crippen MR) is 97.5 cm³/mol. The minimum absolute atomic E-state index is 0.0537. The summed E-state index contributed by atoms with van der Waals surface area (Å²) in [5.74, 6) is 0.542. The number of aromatic nitrogens is 3. The molecule has 0 unspecified atom stereocenters. The molecule has 1 amide bonds. The maximum atomic E-state index is 12.2. The molecule has 3 aromatic heterocycles. The molecule has 0 aliphatic carbocycles. The Bertz CT molecular complexity index is 828. The van der Waals surface area contributed by atoms with Crippen molar-refractivity contribution in [3.63, 3.8) is 0 Å². The van der Waals surface area contributed by atoms with Crippen LogP contribution >= 0.6 is 22.9 Å². The summed E-state index contributed by atoms with van der Waals surface area (Å²) in [4.78, 5) is 17.3. The summed E-state index contributed by atoms with van der Waals surface area (Å²) < 4.78 is 0.743. The third kappa shape index (κ3) is 3.83. The smallest absolute Gasteiger partial charge is 0.225 e. The van der Waals surface area contributed by atoms with Crippen LogP contribution in [0, 0.1) is 0 Å². The van der Waals surface area contributed by atoms with Crippen molar-refractivity contribution in [2.75, 3.05) is 5.32 Å². The lowest BCUT2D eigenvalue weighted by Crippen LogP contribution is -2.13. The standard InChI is InChI=1S/C17H17ClN4OS/c1-2-13-16(11-7-9-19-10-8-11)21-22-17(13)20-15(23)6-4-12-3-5-14(18)24-12/h3,5,7-10H,2,4,6H2,1H3,(H2,20,21,22,23). The minimum atomic E-state index is -0.0537. The van der Waals surface area contributed by atoms with Crippen molar-refractivity contribution in [1.82, 2.24) is 15.2 Å². The normalized spacial score (nSPS) is 10.8. The summed E-state index contributed by atoms with van der Waals surface area (Å²) in [5.41, 5.74) is 2.91. The molecule has 0 radical (unpaired) electrons. The zero-order valence-electron chi connectivity index (χ0n) is 13.2. The Morgan fingerprint density at radius 3 is 2.75 bits per heavy atom. The van der Waals surface area contributed by atoms with Crippen LogP contribution in [0.1, 0.15) is 23.8 Å². The highest BCUT2D eigenvalue weighted by molar-refractivity contribution is 7.16. The van der Waals surface area contributed by atoms with Gasteiger partial charge in [0, 0.05) is 34.8 Å². The Morgan fingerprint density at radius 2 is 2.08 bits per heavy atom. The van der Waals surface area contributed by atoms with Crippen LogP contribution in [0.15, 0.2) is 36.7 Å². The van der Waals surface area contributed by atoms with Crippen molar-refractivity contribution < 1.29 is 4.79 Å². The predicted octanol–water partition coefficient (Wildman–Crippen LogP) is 4.32. The molecule has 124 valence electrons. The van der Waals surface area contributed by atoms with Crippen LogP contribution in [0.2, 0.25) is 4.34 Å². The Kier molecular flexibility index (Phi) is 5.27. The Hall–Kier alpha value is -2.18. The first-order valence-corrected chi connectivity index (χ1v) is 8.88. The van der Waals surface area contributed by atoms with Gasteiger partial charge < -0.3 is 5.32 Å². The van der Waals surface area contributed by atoms with Crippen LogP contribution in [-0.2, 0) is 17.6 Å². The third-order valence-electron chi connectivity index (χ3n) is 3.67. The van der Waals surface area contributed by atoms with E-state index in [1.54, 1.807) is 12.4 Å². The number of hydrogen-bond acceptors (Lipinski definition) is 4. The van der Waals surface area contributed by atoms with Gasteiger partial charge >= 0.3 is 0 Å². The van der Waals surface area contributed by atoms with Gasteiger partial charge in [-0.3, -0.25) is 14.9 Å². The van der Waals surface area contributed by atoms with Gasteiger partial charge in [0.1, 0.15) is 0 Å². The molecule has 0 saturated heterocycles. The van der Waals surface area contributed by atoms with E-state index in [1.807, 2.05) is 31.2 Å². The van der Waals surface area contributed by atoms with Crippen molar-refractivity contribution in [3.8, 4) is 11.3 Å². The fourth-order valence-electron chi connectivity index (χ4n) is 2.49. The highest BCUT2D eigenvalue weighted by Crippen LogP contribution is 2.27. The van der Waals surface area contributed by atoms with Gasteiger partial charge in [-0.15, -0.1) is 11.3 Å². The van der Waals surface area contributed by atoms with Crippen molar-refractivity contribution in [2.45, 2.75) is 26.2 Å². The van der Waals surface area contributed by atoms with Crippen LogP contribution in [-0.4, -0.2) is 21.1 Å². The molecule has 3 heterocycles. The van der Waals surface area contributed by atoms with Gasteiger partial charge in [0.2, 0.25) is 5.91 Å². The summed E-state index contributed by atoms with van der Waals surface area (Å²) >= 11 is 7.41. The van der Waals surface area contributed by atoms with Gasteiger partial charge in [-0.05, 0) is 37.1 Å². The summed E-state index contributed by atoms with van der Waals surface area (Å²) in [6, 6.07) is 7.63. The Labute approximate surface area is 149 Å². The number of aromatic amines is 1. The molecule has 24 heavy (non-hydrogen) atoms. The molecule has 3 aromatic rings. The number of rotatable bonds is 6. The Morgan fingerprint density at radius 1 is 1.29 bits per heavy atom. The topological polar surface area (TPSA) is 70.7 Å². The van der Waals surface area contributed by atoms with Gasteiger partial charge in [0.15, 0.2) is 5.82 Å². The molecular weight excluding hydrogens is 344 g/mol. The molecule has 5 nitrogen and oxygen atoms in total. The molecule has 2 N–H and O–H groups in total. The summed E-state index contributed by atoms with van der Waals surface area (Å²) in [7, 11) is 0. The second-order valence-electron chi connectivity index (χ2n) is 5.27. The number of carbonyl (C=O) groups excluding carboxylic acids is 1. The largest absolute Gasteiger partial charge is 0.309 e. The number of H-pyrrole nitrogens is 1. The molecule has 0 aliphatic rings. The number of anilines is 1. The van der Waals surface area contributed by atoms with E-state index < -0.39 is 0 Å². The molecule has 0 saturated carbocycles. The van der Waals surface area contributed by atoms with Crippen LogP contribution in [0.4, 0.5) is 5.82 Å². The van der Waals surface area contributed by atoms with E-state index >= 15 is 0 Å². The van der Waals surface area contributed by atoms with E-state index in [0.29, 0.717) is 18.7 Å². The first kappa shape index (κ1) is 16.7. The second-order valence-corrected chi connectivity index (χ2v) is 7.07. The first-order valence-electron chi connectivity index (χ1n) is 7.69. The zero-order chi connectivity index (χ0) is 16.9. The molecule has 0 bridgehead atoms. The number of halogens is 1. The molecule has 7 heteroatoms. The third-order valence-corrected chi connectivity index (χ3v) is 4.97. The number of nitrogens with one attached hydrogen (secondary N) is 2. The highest BCUT2D eigenvalue weighted by Gasteiger charge is 2.15.